The highest BCUT2D eigenvalue weighted by molar-refractivity contribution is 6.27. The molecule has 0 saturated carbocycles. The number of benzene rings is 6. The van der Waals surface area contributed by atoms with Gasteiger partial charge in [0, 0.05) is 0 Å². The van der Waals surface area contributed by atoms with Gasteiger partial charge in [-0.1, -0.05) is 66.7 Å². The van der Waals surface area contributed by atoms with E-state index in [2.05, 4.69) is 48.5 Å². The first-order chi connectivity index (χ1) is 14.7. The summed E-state index contributed by atoms with van der Waals surface area (Å²) >= 11 is 0. The third kappa shape index (κ3) is 2.44. The number of hydrogen-bond acceptors (Lipinski definition) is 2. The first-order valence-electron chi connectivity index (χ1n) is 9.98. The summed E-state index contributed by atoms with van der Waals surface area (Å²) in [6.45, 7) is 0. The van der Waals surface area contributed by atoms with Gasteiger partial charge in [-0.15, -0.1) is 0 Å². The minimum Gasteiger partial charge on any atom is -0.508 e. The Hall–Kier alpha value is -4.04. The zero-order chi connectivity index (χ0) is 20.2. The highest BCUT2D eigenvalue weighted by Crippen LogP contribution is 2.45. The lowest BCUT2D eigenvalue weighted by Gasteiger charge is -2.19. The van der Waals surface area contributed by atoms with Crippen molar-refractivity contribution in [1.29, 1.82) is 0 Å². The number of phenolic OH excluding ortho intramolecular Hbond substituents is 2. The summed E-state index contributed by atoms with van der Waals surface area (Å²) in [6.07, 6.45) is 0. The molecule has 0 fully saturated rings. The molecule has 2 nitrogen and oxygen atoms in total. The second kappa shape index (κ2) is 6.23. The molecule has 0 bridgehead atoms. The fourth-order valence-electron chi connectivity index (χ4n) is 4.68. The van der Waals surface area contributed by atoms with Gasteiger partial charge in [-0.3, -0.25) is 0 Å². The summed E-state index contributed by atoms with van der Waals surface area (Å²) in [4.78, 5) is 0. The van der Waals surface area contributed by atoms with Crippen LogP contribution in [0.5, 0.6) is 11.5 Å². The van der Waals surface area contributed by atoms with Crippen LogP contribution in [0.15, 0.2) is 97.1 Å². The van der Waals surface area contributed by atoms with Gasteiger partial charge < -0.3 is 10.2 Å². The van der Waals surface area contributed by atoms with E-state index in [4.69, 9.17) is 0 Å². The fourth-order valence-corrected chi connectivity index (χ4v) is 4.68. The molecule has 0 amide bonds. The smallest absolute Gasteiger partial charge is 0.116 e. The molecule has 2 heteroatoms. The number of hydrogen-bond donors (Lipinski definition) is 2. The predicted molar refractivity (Wildman–Crippen MR) is 124 cm³/mol. The van der Waals surface area contributed by atoms with E-state index in [1.54, 1.807) is 24.3 Å². The van der Waals surface area contributed by atoms with Gasteiger partial charge in [-0.2, -0.15) is 0 Å². The van der Waals surface area contributed by atoms with Crippen LogP contribution in [0.25, 0.3) is 54.6 Å². The van der Waals surface area contributed by atoms with Crippen molar-refractivity contribution in [3.8, 4) is 33.8 Å². The Bertz CT molecular complexity index is 1550. The van der Waals surface area contributed by atoms with Gasteiger partial charge in [-0.05, 0) is 84.9 Å². The molecule has 0 aromatic heterocycles. The molecule has 6 rings (SSSR count). The summed E-state index contributed by atoms with van der Waals surface area (Å²) in [7, 11) is 0. The van der Waals surface area contributed by atoms with Crippen LogP contribution in [0.3, 0.4) is 0 Å². The second-order valence-electron chi connectivity index (χ2n) is 7.76. The van der Waals surface area contributed by atoms with Crippen molar-refractivity contribution in [2.45, 2.75) is 0 Å². The average Bonchev–Trinajstić information content (AvgIpc) is 2.77. The van der Waals surface area contributed by atoms with Gasteiger partial charge in [0.05, 0.1) is 0 Å². The first-order valence-corrected chi connectivity index (χ1v) is 9.98. The molecule has 0 heterocycles. The summed E-state index contributed by atoms with van der Waals surface area (Å²) in [5.41, 5.74) is 3.98. The largest absolute Gasteiger partial charge is 0.508 e. The van der Waals surface area contributed by atoms with E-state index in [-0.39, 0.29) is 11.5 Å². The lowest BCUT2D eigenvalue weighted by atomic mass is 9.85. The zero-order valence-electron chi connectivity index (χ0n) is 16.1. The van der Waals surface area contributed by atoms with Crippen molar-refractivity contribution >= 4 is 32.3 Å². The van der Waals surface area contributed by atoms with Gasteiger partial charge in [-0.25, -0.2) is 0 Å². The molecule has 0 saturated heterocycles. The average molecular weight is 386 g/mol. The molecule has 0 atom stereocenters. The van der Waals surface area contributed by atoms with E-state index in [1.807, 2.05) is 24.3 Å². The third-order valence-electron chi connectivity index (χ3n) is 5.94. The Kier molecular flexibility index (Phi) is 3.50. The maximum absolute atomic E-state index is 10.2. The molecule has 0 radical (unpaired) electrons. The predicted octanol–water partition coefficient (Wildman–Crippen LogP) is 7.33. The molecule has 0 aliphatic rings. The Morgan fingerprint density at radius 2 is 1.07 bits per heavy atom. The van der Waals surface area contributed by atoms with E-state index in [0.717, 1.165) is 33.0 Å². The molecule has 0 unspecified atom stereocenters. The van der Waals surface area contributed by atoms with E-state index >= 15 is 0 Å². The molecule has 2 N–H and O–H groups in total. The van der Waals surface area contributed by atoms with Crippen LogP contribution >= 0.6 is 0 Å². The summed E-state index contributed by atoms with van der Waals surface area (Å²) < 4.78 is 0. The van der Waals surface area contributed by atoms with Gasteiger partial charge in [0.2, 0.25) is 0 Å². The lowest BCUT2D eigenvalue weighted by Crippen LogP contribution is -1.91. The van der Waals surface area contributed by atoms with Crippen molar-refractivity contribution < 1.29 is 10.2 Å². The zero-order valence-corrected chi connectivity index (χ0v) is 16.1. The maximum atomic E-state index is 10.2. The molecule has 6 aromatic rings. The van der Waals surface area contributed by atoms with Crippen LogP contribution in [0.4, 0.5) is 0 Å². The molecule has 142 valence electrons. The molecule has 0 spiro atoms. The highest BCUT2D eigenvalue weighted by Gasteiger charge is 2.17. The molecule has 6 aromatic carbocycles. The van der Waals surface area contributed by atoms with Gasteiger partial charge >= 0.3 is 0 Å². The SMILES string of the molecule is Oc1cccc(-c2cc3ccc4cccc5ccc(c2-c2cccc(O)c2)c3c45)c1. The second-order valence-corrected chi connectivity index (χ2v) is 7.76. The number of phenols is 2. The van der Waals surface area contributed by atoms with E-state index < -0.39 is 0 Å². The monoisotopic (exact) mass is 386 g/mol. The fraction of sp³-hybridized carbons (Fsp3) is 0. The topological polar surface area (TPSA) is 40.5 Å². The van der Waals surface area contributed by atoms with Crippen LogP contribution in [0.2, 0.25) is 0 Å². The van der Waals surface area contributed by atoms with Gasteiger partial charge in [0.15, 0.2) is 0 Å². The Morgan fingerprint density at radius 1 is 0.467 bits per heavy atom. The van der Waals surface area contributed by atoms with Crippen LogP contribution in [0.1, 0.15) is 0 Å². The molecule has 0 aliphatic heterocycles. The summed E-state index contributed by atoms with van der Waals surface area (Å²) in [5.74, 6) is 0.472. The van der Waals surface area contributed by atoms with Gasteiger partial charge in [0.1, 0.15) is 11.5 Å². The van der Waals surface area contributed by atoms with Crippen molar-refractivity contribution in [2.24, 2.45) is 0 Å². The molecular formula is C28H18O2. The standard InChI is InChI=1S/C28H18O2/c29-22-8-2-6-19(14-22)25-16-21-11-10-17-4-1-5-18-12-13-24(28(21)26(17)18)27(25)20-7-3-9-23(30)15-20/h1-16,29-30H. The minimum atomic E-state index is 0.236. The number of rotatable bonds is 2. The van der Waals surface area contributed by atoms with Gasteiger partial charge in [0.25, 0.3) is 0 Å². The van der Waals surface area contributed by atoms with Crippen LogP contribution < -0.4 is 0 Å². The van der Waals surface area contributed by atoms with Crippen molar-refractivity contribution in [3.05, 3.63) is 97.1 Å². The van der Waals surface area contributed by atoms with E-state index in [1.165, 1.54) is 21.5 Å². The van der Waals surface area contributed by atoms with E-state index in [0.29, 0.717) is 0 Å². The highest BCUT2D eigenvalue weighted by atomic mass is 16.3. The van der Waals surface area contributed by atoms with Crippen molar-refractivity contribution in [2.75, 3.05) is 0 Å². The van der Waals surface area contributed by atoms with Crippen LogP contribution in [0, 0.1) is 0 Å². The van der Waals surface area contributed by atoms with E-state index in [9.17, 15) is 10.2 Å². The quantitative estimate of drug-likeness (QED) is 0.306. The summed E-state index contributed by atoms with van der Waals surface area (Å²) in [5, 5.41) is 27.5. The maximum Gasteiger partial charge on any atom is 0.116 e. The Balaban J connectivity index is 1.84. The lowest BCUT2D eigenvalue weighted by molar-refractivity contribution is 0.475. The molecule has 30 heavy (non-hydrogen) atoms. The summed E-state index contributed by atoms with van der Waals surface area (Å²) in [6, 6.07) is 32.0. The number of aromatic hydroxyl groups is 2. The van der Waals surface area contributed by atoms with Crippen LogP contribution in [-0.4, -0.2) is 10.2 Å². The van der Waals surface area contributed by atoms with Crippen molar-refractivity contribution in [1.82, 2.24) is 0 Å². The minimum absolute atomic E-state index is 0.236. The Labute approximate surface area is 173 Å². The normalized spacial score (nSPS) is 11.6. The van der Waals surface area contributed by atoms with Crippen molar-refractivity contribution in [3.63, 3.8) is 0 Å². The Morgan fingerprint density at radius 3 is 1.80 bits per heavy atom. The molecule has 0 aliphatic carbocycles. The van der Waals surface area contributed by atoms with Crippen LogP contribution in [-0.2, 0) is 0 Å². The molecular weight excluding hydrogens is 368 g/mol. The first kappa shape index (κ1) is 16.9. The third-order valence-corrected chi connectivity index (χ3v) is 5.94.